The van der Waals surface area contributed by atoms with E-state index >= 15 is 0 Å². The second-order valence-electron chi connectivity index (χ2n) is 4.81. The second kappa shape index (κ2) is 9.72. The van der Waals surface area contributed by atoms with Gasteiger partial charge >= 0.3 is 0 Å². The average molecular weight is 283 g/mol. The summed E-state index contributed by atoms with van der Waals surface area (Å²) < 4.78 is 16.1. The summed E-state index contributed by atoms with van der Waals surface area (Å²) in [6.45, 7) is 5.84. The van der Waals surface area contributed by atoms with Crippen molar-refractivity contribution in [3.05, 3.63) is 29.8 Å². The zero-order chi connectivity index (χ0) is 14.8. The van der Waals surface area contributed by atoms with Crippen molar-refractivity contribution >= 4 is 0 Å². The molecule has 0 bridgehead atoms. The lowest BCUT2D eigenvalue weighted by Gasteiger charge is -2.14. The Bertz CT molecular complexity index is 371. The van der Waals surface area contributed by atoms with E-state index in [1.807, 2.05) is 38.1 Å². The third-order valence-electron chi connectivity index (χ3n) is 2.57. The molecule has 5 nitrogen and oxygen atoms in total. The molecule has 3 N–H and O–H groups in total. The van der Waals surface area contributed by atoms with Crippen molar-refractivity contribution in [2.24, 2.45) is 5.73 Å². The van der Waals surface area contributed by atoms with Crippen LogP contribution in [0.15, 0.2) is 24.3 Å². The third-order valence-corrected chi connectivity index (χ3v) is 2.57. The summed E-state index contributed by atoms with van der Waals surface area (Å²) in [5.74, 6) is 0.704. The molecule has 0 aliphatic rings. The predicted octanol–water partition coefficient (Wildman–Crippen LogP) is 1.33. The minimum absolute atomic E-state index is 0.194. The number of benzene rings is 1. The summed E-state index contributed by atoms with van der Waals surface area (Å²) in [6.07, 6.45) is -0.461. The molecule has 0 saturated heterocycles. The molecule has 0 aromatic heterocycles. The highest BCUT2D eigenvalue weighted by atomic mass is 16.5. The second-order valence-corrected chi connectivity index (χ2v) is 4.81. The van der Waals surface area contributed by atoms with Crippen molar-refractivity contribution < 1.29 is 19.3 Å². The molecule has 0 amide bonds. The summed E-state index contributed by atoms with van der Waals surface area (Å²) in [5.41, 5.74) is 6.55. The quantitative estimate of drug-likeness (QED) is 0.634. The Balaban J connectivity index is 2.14. The summed E-state index contributed by atoms with van der Waals surface area (Å²) >= 11 is 0. The molecular weight excluding hydrogens is 258 g/mol. The van der Waals surface area contributed by atoms with Crippen LogP contribution in [-0.4, -0.2) is 43.7 Å². The Morgan fingerprint density at radius 2 is 2.00 bits per heavy atom. The Morgan fingerprint density at radius 3 is 2.70 bits per heavy atom. The topological polar surface area (TPSA) is 73.9 Å². The van der Waals surface area contributed by atoms with Gasteiger partial charge in [0.1, 0.15) is 18.5 Å². The van der Waals surface area contributed by atoms with Crippen molar-refractivity contribution in [2.75, 3.05) is 26.4 Å². The number of ether oxygens (including phenoxy) is 3. The van der Waals surface area contributed by atoms with E-state index in [4.69, 9.17) is 19.9 Å². The maximum absolute atomic E-state index is 9.73. The van der Waals surface area contributed by atoms with Crippen molar-refractivity contribution in [1.29, 1.82) is 0 Å². The molecule has 1 aromatic carbocycles. The monoisotopic (exact) mass is 283 g/mol. The third kappa shape index (κ3) is 7.45. The summed E-state index contributed by atoms with van der Waals surface area (Å²) in [5, 5.41) is 9.73. The molecule has 5 heteroatoms. The van der Waals surface area contributed by atoms with Gasteiger partial charge in [0.2, 0.25) is 0 Å². The molecule has 1 atom stereocenters. The Morgan fingerprint density at radius 1 is 1.20 bits per heavy atom. The fourth-order valence-electron chi connectivity index (χ4n) is 1.56. The lowest BCUT2D eigenvalue weighted by atomic mass is 10.2. The van der Waals surface area contributed by atoms with E-state index in [1.54, 1.807) is 0 Å². The van der Waals surface area contributed by atoms with E-state index in [-0.39, 0.29) is 19.3 Å². The van der Waals surface area contributed by atoms with E-state index in [1.165, 1.54) is 0 Å². The molecule has 0 saturated carbocycles. The van der Waals surface area contributed by atoms with Crippen LogP contribution < -0.4 is 10.5 Å². The number of aliphatic hydroxyl groups is 1. The molecule has 1 unspecified atom stereocenters. The van der Waals surface area contributed by atoms with E-state index in [9.17, 15) is 5.11 Å². The standard InChI is InChI=1S/C15H25NO4/c1-12(2)19-7-6-18-10-14(17)11-20-15-5-3-4-13(8-15)9-16/h3-5,8,12,14,17H,6-7,9-11,16H2,1-2H3. The van der Waals surface area contributed by atoms with Crippen LogP contribution in [0.4, 0.5) is 0 Å². The number of rotatable bonds is 10. The Kier molecular flexibility index (Phi) is 8.22. The first-order chi connectivity index (χ1) is 9.61. The smallest absolute Gasteiger partial charge is 0.119 e. The molecule has 0 aliphatic heterocycles. The number of aliphatic hydroxyl groups excluding tert-OH is 1. The first-order valence-corrected chi connectivity index (χ1v) is 6.91. The normalized spacial score (nSPS) is 12.7. The van der Waals surface area contributed by atoms with Crippen LogP contribution in [0.1, 0.15) is 19.4 Å². The summed E-state index contributed by atoms with van der Waals surface area (Å²) in [4.78, 5) is 0. The van der Waals surface area contributed by atoms with Gasteiger partial charge < -0.3 is 25.1 Å². The highest BCUT2D eigenvalue weighted by molar-refractivity contribution is 5.28. The molecule has 0 heterocycles. The highest BCUT2D eigenvalue weighted by Gasteiger charge is 2.06. The first-order valence-electron chi connectivity index (χ1n) is 6.91. The fraction of sp³-hybridized carbons (Fsp3) is 0.600. The summed E-state index contributed by atoms with van der Waals surface area (Å²) in [7, 11) is 0. The van der Waals surface area contributed by atoms with Crippen LogP contribution in [0.25, 0.3) is 0 Å². The van der Waals surface area contributed by atoms with Gasteiger partial charge in [0.15, 0.2) is 0 Å². The minimum atomic E-state index is -0.657. The maximum atomic E-state index is 9.73. The van der Waals surface area contributed by atoms with Crippen LogP contribution in [0.3, 0.4) is 0 Å². The van der Waals surface area contributed by atoms with Gasteiger partial charge in [-0.25, -0.2) is 0 Å². The minimum Gasteiger partial charge on any atom is -0.491 e. The van der Waals surface area contributed by atoms with Gasteiger partial charge in [-0.15, -0.1) is 0 Å². The fourth-order valence-corrected chi connectivity index (χ4v) is 1.56. The van der Waals surface area contributed by atoms with Gasteiger partial charge in [-0.05, 0) is 31.5 Å². The van der Waals surface area contributed by atoms with Gasteiger partial charge in [0, 0.05) is 6.54 Å². The van der Waals surface area contributed by atoms with Crippen molar-refractivity contribution in [3.8, 4) is 5.75 Å². The predicted molar refractivity (Wildman–Crippen MR) is 77.7 cm³/mol. The first kappa shape index (κ1) is 16.9. The molecule has 20 heavy (non-hydrogen) atoms. The maximum Gasteiger partial charge on any atom is 0.119 e. The highest BCUT2D eigenvalue weighted by Crippen LogP contribution is 2.13. The van der Waals surface area contributed by atoms with Gasteiger partial charge in [-0.1, -0.05) is 12.1 Å². The SMILES string of the molecule is CC(C)OCCOCC(O)COc1cccc(CN)c1. The Labute approximate surface area is 120 Å². The Hall–Kier alpha value is -1.14. The van der Waals surface area contributed by atoms with Crippen LogP contribution in [-0.2, 0) is 16.0 Å². The number of nitrogens with two attached hydrogens (primary N) is 1. The van der Waals surface area contributed by atoms with Gasteiger partial charge in [-0.3, -0.25) is 0 Å². The lowest BCUT2D eigenvalue weighted by molar-refractivity contribution is -0.0213. The average Bonchev–Trinajstić information content (AvgIpc) is 2.44. The largest absolute Gasteiger partial charge is 0.491 e. The molecule has 1 aromatic rings. The van der Waals surface area contributed by atoms with E-state index in [0.29, 0.717) is 25.5 Å². The van der Waals surface area contributed by atoms with Crippen LogP contribution in [0, 0.1) is 0 Å². The van der Waals surface area contributed by atoms with Gasteiger partial charge in [0.25, 0.3) is 0 Å². The van der Waals surface area contributed by atoms with Crippen molar-refractivity contribution in [2.45, 2.75) is 32.6 Å². The molecule has 0 radical (unpaired) electrons. The zero-order valence-electron chi connectivity index (χ0n) is 12.2. The molecule has 0 aliphatic carbocycles. The van der Waals surface area contributed by atoms with Gasteiger partial charge in [-0.2, -0.15) is 0 Å². The molecule has 1 rings (SSSR count). The number of hydrogen-bond donors (Lipinski definition) is 2. The molecule has 114 valence electrons. The van der Waals surface area contributed by atoms with E-state index in [2.05, 4.69) is 0 Å². The molecular formula is C15H25NO4. The summed E-state index contributed by atoms with van der Waals surface area (Å²) in [6, 6.07) is 7.51. The van der Waals surface area contributed by atoms with Crippen LogP contribution in [0.2, 0.25) is 0 Å². The lowest BCUT2D eigenvalue weighted by Crippen LogP contribution is -2.24. The number of hydrogen-bond acceptors (Lipinski definition) is 5. The van der Waals surface area contributed by atoms with E-state index < -0.39 is 6.10 Å². The molecule has 0 fully saturated rings. The van der Waals surface area contributed by atoms with Crippen molar-refractivity contribution in [3.63, 3.8) is 0 Å². The van der Waals surface area contributed by atoms with Crippen LogP contribution in [0.5, 0.6) is 5.75 Å². The van der Waals surface area contributed by atoms with Gasteiger partial charge in [0.05, 0.1) is 25.9 Å². The van der Waals surface area contributed by atoms with Crippen LogP contribution >= 0.6 is 0 Å². The molecule has 0 spiro atoms. The van der Waals surface area contributed by atoms with E-state index in [0.717, 1.165) is 5.56 Å². The van der Waals surface area contributed by atoms with Crippen molar-refractivity contribution in [1.82, 2.24) is 0 Å². The zero-order valence-corrected chi connectivity index (χ0v) is 12.2.